The number of amides is 2. The van der Waals surface area contributed by atoms with Crippen molar-refractivity contribution in [3.05, 3.63) is 90.2 Å². The molecule has 5 rings (SSSR count). The molecule has 3 aromatic carbocycles. The minimum Gasteiger partial charge on any atom is -0.477 e. The molecule has 204 valence electrons. The molecule has 0 bridgehead atoms. The highest BCUT2D eigenvalue weighted by Crippen LogP contribution is 2.35. The molecule has 0 aromatic heterocycles. The Morgan fingerprint density at radius 1 is 0.949 bits per heavy atom. The molecule has 2 aliphatic rings. The van der Waals surface area contributed by atoms with Crippen molar-refractivity contribution in [2.45, 2.75) is 30.3 Å². The Balaban J connectivity index is 1.29. The minimum atomic E-state index is -3.89. The van der Waals surface area contributed by atoms with Crippen LogP contribution in [0.5, 0.6) is 5.75 Å². The molecule has 2 amide bonds. The van der Waals surface area contributed by atoms with Gasteiger partial charge in [-0.25, -0.2) is 12.8 Å². The Morgan fingerprint density at radius 2 is 1.67 bits per heavy atom. The monoisotopic (exact) mass is 551 g/mol. The molecule has 0 spiro atoms. The summed E-state index contributed by atoms with van der Waals surface area (Å²) in [5.74, 6) is -1.27. The van der Waals surface area contributed by atoms with Crippen LogP contribution in [0.2, 0.25) is 0 Å². The summed E-state index contributed by atoms with van der Waals surface area (Å²) in [4.78, 5) is 28.4. The fraction of sp³-hybridized carbons (Fsp3) is 0.310. The Bertz CT molecular complexity index is 1430. The number of rotatable bonds is 7. The van der Waals surface area contributed by atoms with Gasteiger partial charge in [0.1, 0.15) is 11.6 Å². The van der Waals surface area contributed by atoms with Crippen molar-refractivity contribution in [2.24, 2.45) is 5.92 Å². The average molecular weight is 552 g/mol. The van der Waals surface area contributed by atoms with E-state index in [1.807, 2.05) is 30.3 Å². The summed E-state index contributed by atoms with van der Waals surface area (Å²) in [6, 6.07) is 21.5. The van der Waals surface area contributed by atoms with Gasteiger partial charge < -0.3 is 15.0 Å². The van der Waals surface area contributed by atoms with Gasteiger partial charge in [0, 0.05) is 19.6 Å². The zero-order valence-corrected chi connectivity index (χ0v) is 22.1. The highest BCUT2D eigenvalue weighted by atomic mass is 32.2. The van der Waals surface area contributed by atoms with Gasteiger partial charge >= 0.3 is 0 Å². The maximum atomic E-state index is 13.8. The molecule has 1 N–H and O–H groups in total. The second-order valence-corrected chi connectivity index (χ2v) is 11.6. The first-order chi connectivity index (χ1) is 18.8. The Labute approximate surface area is 227 Å². The van der Waals surface area contributed by atoms with E-state index >= 15 is 0 Å². The van der Waals surface area contributed by atoms with Crippen LogP contribution >= 0.6 is 0 Å². The molecule has 1 fully saturated rings. The fourth-order valence-electron chi connectivity index (χ4n) is 5.01. The predicted octanol–water partition coefficient (Wildman–Crippen LogP) is 3.38. The van der Waals surface area contributed by atoms with Crippen molar-refractivity contribution in [1.29, 1.82) is 0 Å². The normalized spacial score (nSPS) is 19.6. The maximum Gasteiger partial charge on any atom is 0.262 e. The SMILES string of the molecule is O=C(NCCc1ccccc1)[C@H]1CN(C(=O)[C@@H]2CCCN(S(=O)(=O)c3ccc(F)cc3)C2)c2ccccc2O1. The molecule has 2 heterocycles. The van der Waals surface area contributed by atoms with Crippen molar-refractivity contribution in [3.8, 4) is 5.75 Å². The number of nitrogens with one attached hydrogen (secondary N) is 1. The van der Waals surface area contributed by atoms with Gasteiger partial charge in [-0.15, -0.1) is 0 Å². The summed E-state index contributed by atoms with van der Waals surface area (Å²) in [5, 5.41) is 2.90. The molecule has 0 radical (unpaired) electrons. The van der Waals surface area contributed by atoms with Crippen LogP contribution in [-0.4, -0.2) is 56.8 Å². The number of nitrogens with zero attached hydrogens (tertiary/aromatic N) is 2. The summed E-state index contributed by atoms with van der Waals surface area (Å²) in [6.07, 6.45) is 0.787. The van der Waals surface area contributed by atoms with Gasteiger partial charge in [0.15, 0.2) is 6.10 Å². The highest BCUT2D eigenvalue weighted by Gasteiger charge is 2.39. The van der Waals surface area contributed by atoms with Gasteiger partial charge in [0.25, 0.3) is 5.91 Å². The van der Waals surface area contributed by atoms with Crippen molar-refractivity contribution in [2.75, 3.05) is 31.1 Å². The summed E-state index contributed by atoms with van der Waals surface area (Å²) in [7, 11) is -3.89. The van der Waals surface area contributed by atoms with Gasteiger partial charge in [0.2, 0.25) is 15.9 Å². The predicted molar refractivity (Wildman–Crippen MR) is 144 cm³/mol. The number of hydrogen-bond donors (Lipinski definition) is 1. The lowest BCUT2D eigenvalue weighted by atomic mass is 9.97. The van der Waals surface area contributed by atoms with E-state index in [2.05, 4.69) is 5.32 Å². The quantitative estimate of drug-likeness (QED) is 0.486. The molecule has 2 aliphatic heterocycles. The second kappa shape index (κ2) is 11.5. The van der Waals surface area contributed by atoms with E-state index in [1.165, 1.54) is 16.4 Å². The minimum absolute atomic E-state index is 0.00596. The summed E-state index contributed by atoms with van der Waals surface area (Å²) < 4.78 is 47.0. The van der Waals surface area contributed by atoms with Crippen molar-refractivity contribution < 1.29 is 27.1 Å². The van der Waals surface area contributed by atoms with E-state index in [9.17, 15) is 22.4 Å². The molecule has 0 aliphatic carbocycles. The van der Waals surface area contributed by atoms with Gasteiger partial charge in [-0.2, -0.15) is 4.31 Å². The van der Waals surface area contributed by atoms with E-state index in [0.717, 1.165) is 17.7 Å². The molecule has 0 saturated carbocycles. The Hall–Kier alpha value is -3.76. The van der Waals surface area contributed by atoms with Crippen LogP contribution in [0.3, 0.4) is 0 Å². The number of fused-ring (bicyclic) bond motifs is 1. The lowest BCUT2D eigenvalue weighted by Crippen LogP contribution is -2.54. The average Bonchev–Trinajstić information content (AvgIpc) is 2.97. The van der Waals surface area contributed by atoms with Crippen LogP contribution in [0, 0.1) is 11.7 Å². The number of anilines is 1. The number of carbonyl (C=O) groups is 2. The van der Waals surface area contributed by atoms with Crippen LogP contribution in [0.1, 0.15) is 18.4 Å². The summed E-state index contributed by atoms with van der Waals surface area (Å²) >= 11 is 0. The highest BCUT2D eigenvalue weighted by molar-refractivity contribution is 7.89. The van der Waals surface area contributed by atoms with Gasteiger partial charge in [-0.1, -0.05) is 42.5 Å². The van der Waals surface area contributed by atoms with E-state index in [4.69, 9.17) is 4.74 Å². The zero-order chi connectivity index (χ0) is 27.4. The van der Waals surface area contributed by atoms with Gasteiger partial charge in [-0.3, -0.25) is 9.59 Å². The number of benzene rings is 3. The number of hydrogen-bond acceptors (Lipinski definition) is 5. The van der Waals surface area contributed by atoms with Crippen LogP contribution in [0.25, 0.3) is 0 Å². The first-order valence-electron chi connectivity index (χ1n) is 13.0. The smallest absolute Gasteiger partial charge is 0.262 e. The summed E-state index contributed by atoms with van der Waals surface area (Å²) in [5.41, 5.74) is 1.65. The van der Waals surface area contributed by atoms with Crippen LogP contribution in [0.4, 0.5) is 10.1 Å². The van der Waals surface area contributed by atoms with Gasteiger partial charge in [-0.05, 0) is 61.2 Å². The van der Waals surface area contributed by atoms with Gasteiger partial charge in [0.05, 0.1) is 23.0 Å². The van der Waals surface area contributed by atoms with E-state index in [1.54, 1.807) is 29.2 Å². The molecule has 1 saturated heterocycles. The molecule has 2 atom stereocenters. The van der Waals surface area contributed by atoms with Crippen LogP contribution in [0.15, 0.2) is 83.8 Å². The first kappa shape index (κ1) is 26.8. The standard InChI is InChI=1S/C29H30FN3O5S/c30-23-12-14-24(15-13-23)39(36,37)32-18-6-9-22(19-32)29(35)33-20-27(38-26-11-5-4-10-25(26)33)28(34)31-17-16-21-7-2-1-3-8-21/h1-5,7-8,10-15,22,27H,6,9,16-20H2,(H,31,34)/t22-,27-/m1/s1. The molecular formula is C29H30FN3O5S. The number of sulfonamides is 1. The van der Waals surface area contributed by atoms with E-state index in [-0.39, 0.29) is 36.3 Å². The third kappa shape index (κ3) is 5.97. The largest absolute Gasteiger partial charge is 0.477 e. The lowest BCUT2D eigenvalue weighted by molar-refractivity contribution is -0.129. The van der Waals surface area contributed by atoms with E-state index < -0.39 is 27.9 Å². The third-order valence-electron chi connectivity index (χ3n) is 7.07. The summed E-state index contributed by atoms with van der Waals surface area (Å²) in [6.45, 7) is 0.729. The first-order valence-corrected chi connectivity index (χ1v) is 14.4. The molecule has 3 aromatic rings. The maximum absolute atomic E-state index is 13.8. The molecule has 39 heavy (non-hydrogen) atoms. The van der Waals surface area contributed by atoms with Crippen molar-refractivity contribution >= 4 is 27.5 Å². The second-order valence-electron chi connectivity index (χ2n) is 9.71. The Kier molecular flexibility index (Phi) is 7.94. The number of carbonyl (C=O) groups excluding carboxylic acids is 2. The molecule has 8 nitrogen and oxygen atoms in total. The number of para-hydroxylation sites is 2. The van der Waals surface area contributed by atoms with Crippen LogP contribution < -0.4 is 15.0 Å². The van der Waals surface area contributed by atoms with Crippen molar-refractivity contribution in [1.82, 2.24) is 9.62 Å². The lowest BCUT2D eigenvalue weighted by Gasteiger charge is -2.38. The zero-order valence-electron chi connectivity index (χ0n) is 21.3. The fourth-order valence-corrected chi connectivity index (χ4v) is 6.53. The topological polar surface area (TPSA) is 96.0 Å². The number of piperidine rings is 1. The molecule has 10 heteroatoms. The van der Waals surface area contributed by atoms with E-state index in [0.29, 0.717) is 37.2 Å². The van der Waals surface area contributed by atoms with Crippen LogP contribution in [-0.2, 0) is 26.0 Å². The molecular weight excluding hydrogens is 521 g/mol. The van der Waals surface area contributed by atoms with Crippen molar-refractivity contribution in [3.63, 3.8) is 0 Å². The Morgan fingerprint density at radius 3 is 2.44 bits per heavy atom. The number of halogens is 1. The molecule has 0 unspecified atom stereocenters. The number of ether oxygens (including phenoxy) is 1. The third-order valence-corrected chi connectivity index (χ3v) is 8.95.